The van der Waals surface area contributed by atoms with Gasteiger partial charge in [-0.25, -0.2) is 8.42 Å². The summed E-state index contributed by atoms with van der Waals surface area (Å²) in [4.78, 5) is 11.5. The Morgan fingerprint density at radius 3 is 2.48 bits per heavy atom. The molecule has 0 fully saturated rings. The van der Waals surface area contributed by atoms with E-state index in [-0.39, 0.29) is 6.54 Å². The molecule has 0 bridgehead atoms. The zero-order valence-electron chi connectivity index (χ0n) is 13.5. The molecule has 2 N–H and O–H groups in total. The van der Waals surface area contributed by atoms with Crippen LogP contribution < -0.4 is 5.73 Å². The molecule has 1 aromatic rings. The quantitative estimate of drug-likeness (QED) is 0.842. The first kappa shape index (κ1) is 18.2. The number of carbonyl (C=O) groups is 1. The van der Waals surface area contributed by atoms with Crippen LogP contribution in [0, 0.1) is 6.92 Å². The number of benzene rings is 1. The van der Waals surface area contributed by atoms with Crippen LogP contribution in [0.2, 0.25) is 0 Å². The van der Waals surface area contributed by atoms with Crippen LogP contribution in [0.15, 0.2) is 28.7 Å². The van der Waals surface area contributed by atoms with Crippen LogP contribution in [0.3, 0.4) is 0 Å². The van der Waals surface area contributed by atoms with Crippen molar-refractivity contribution in [2.75, 3.05) is 13.1 Å². The summed E-state index contributed by atoms with van der Waals surface area (Å²) in [5.41, 5.74) is 8.59. The average Bonchev–Trinajstić information content (AvgIpc) is 2.49. The number of amides is 1. The van der Waals surface area contributed by atoms with E-state index in [4.69, 9.17) is 5.73 Å². The number of hydrogen-bond acceptors (Lipinski definition) is 3. The highest BCUT2D eigenvalue weighted by Crippen LogP contribution is 2.29. The first-order chi connectivity index (χ1) is 10.6. The highest BCUT2D eigenvalue weighted by molar-refractivity contribution is 9.10. The molecule has 0 saturated carbocycles. The second-order valence-electron chi connectivity index (χ2n) is 6.18. The van der Waals surface area contributed by atoms with Crippen LogP contribution >= 0.6 is 15.9 Å². The number of nitrogens with zero attached hydrogens (tertiary/aromatic N) is 1. The summed E-state index contributed by atoms with van der Waals surface area (Å²) in [6, 6.07) is 6.08. The summed E-state index contributed by atoms with van der Waals surface area (Å²) in [7, 11) is -3.77. The maximum absolute atomic E-state index is 12.6. The van der Waals surface area contributed by atoms with Gasteiger partial charge in [-0.2, -0.15) is 4.31 Å². The molecule has 0 atom stereocenters. The van der Waals surface area contributed by atoms with Gasteiger partial charge in [0.2, 0.25) is 15.9 Å². The third kappa shape index (κ3) is 3.36. The van der Waals surface area contributed by atoms with Crippen molar-refractivity contribution in [1.82, 2.24) is 4.31 Å². The zero-order valence-corrected chi connectivity index (χ0v) is 15.9. The van der Waals surface area contributed by atoms with Gasteiger partial charge in [0.25, 0.3) is 0 Å². The third-order valence-electron chi connectivity index (χ3n) is 4.28. The number of aryl methyl sites for hydroxylation is 1. The monoisotopic (exact) mass is 400 g/mol. The minimum absolute atomic E-state index is 0.253. The van der Waals surface area contributed by atoms with E-state index in [1.807, 2.05) is 25.1 Å². The third-order valence-corrected chi connectivity index (χ3v) is 7.67. The normalized spacial score (nSPS) is 17.0. The first-order valence-electron chi connectivity index (χ1n) is 7.32. The number of hydrogen-bond donors (Lipinski definition) is 1. The Morgan fingerprint density at radius 2 is 2.00 bits per heavy atom. The molecule has 126 valence electrons. The molecule has 7 heteroatoms. The van der Waals surface area contributed by atoms with Gasteiger partial charge >= 0.3 is 0 Å². The first-order valence-corrected chi connectivity index (χ1v) is 9.56. The van der Waals surface area contributed by atoms with Crippen LogP contribution in [0.5, 0.6) is 0 Å². The molecule has 0 radical (unpaired) electrons. The Bertz CT molecular complexity index is 770. The van der Waals surface area contributed by atoms with Gasteiger partial charge in [0.05, 0.1) is 0 Å². The molecule has 0 aliphatic carbocycles. The molecule has 0 saturated heterocycles. The second kappa shape index (κ2) is 6.37. The van der Waals surface area contributed by atoms with E-state index in [0.29, 0.717) is 13.0 Å². The van der Waals surface area contributed by atoms with Crippen LogP contribution in [-0.4, -0.2) is 36.5 Å². The standard InChI is InChI=1S/C16H21BrN2O3S/c1-11-10-13(4-5-14(11)17)12-6-8-19(9-7-12)23(21,22)16(2,3)15(18)20/h4-6,10H,7-9H2,1-3H3,(H2,18,20). The maximum Gasteiger partial charge on any atom is 0.239 e. The molecular weight excluding hydrogens is 380 g/mol. The Balaban J connectivity index is 2.24. The van der Waals surface area contributed by atoms with E-state index in [2.05, 4.69) is 22.0 Å². The molecule has 0 spiro atoms. The van der Waals surface area contributed by atoms with Crippen molar-refractivity contribution >= 4 is 37.4 Å². The molecule has 0 aromatic heterocycles. The minimum atomic E-state index is -3.77. The van der Waals surface area contributed by atoms with Crippen molar-refractivity contribution in [2.45, 2.75) is 31.9 Å². The summed E-state index contributed by atoms with van der Waals surface area (Å²) < 4.78 is 25.9. The number of halogens is 1. The smallest absolute Gasteiger partial charge is 0.239 e. The van der Waals surface area contributed by atoms with Crippen molar-refractivity contribution in [3.63, 3.8) is 0 Å². The topological polar surface area (TPSA) is 80.5 Å². The molecule has 5 nitrogen and oxygen atoms in total. The summed E-state index contributed by atoms with van der Waals surface area (Å²) in [5, 5.41) is 0. The molecule has 1 heterocycles. The summed E-state index contributed by atoms with van der Waals surface area (Å²) in [5.74, 6) is -0.837. The average molecular weight is 401 g/mol. The fourth-order valence-corrected chi connectivity index (χ4v) is 4.17. The molecule has 1 amide bonds. The van der Waals surface area contributed by atoms with Gasteiger partial charge < -0.3 is 5.73 Å². The van der Waals surface area contributed by atoms with E-state index >= 15 is 0 Å². The fourth-order valence-electron chi connectivity index (χ4n) is 2.43. The molecule has 2 rings (SSSR count). The molecule has 23 heavy (non-hydrogen) atoms. The van der Waals surface area contributed by atoms with Crippen molar-refractivity contribution in [3.8, 4) is 0 Å². The summed E-state index contributed by atoms with van der Waals surface area (Å²) >= 11 is 3.47. The van der Waals surface area contributed by atoms with Crippen molar-refractivity contribution in [1.29, 1.82) is 0 Å². The largest absolute Gasteiger partial charge is 0.368 e. The molecule has 0 unspecified atom stereocenters. The molecule has 1 aromatic carbocycles. The zero-order chi connectivity index (χ0) is 17.4. The van der Waals surface area contributed by atoms with Crippen LogP contribution in [0.4, 0.5) is 0 Å². The number of carbonyl (C=O) groups excluding carboxylic acids is 1. The van der Waals surface area contributed by atoms with Crippen LogP contribution in [0.1, 0.15) is 31.4 Å². The second-order valence-corrected chi connectivity index (χ2v) is 9.52. The van der Waals surface area contributed by atoms with Gasteiger partial charge in [-0.3, -0.25) is 4.79 Å². The van der Waals surface area contributed by atoms with Gasteiger partial charge in [-0.05, 0) is 50.0 Å². The van der Waals surface area contributed by atoms with E-state index < -0.39 is 20.7 Å². The van der Waals surface area contributed by atoms with E-state index in [9.17, 15) is 13.2 Å². The van der Waals surface area contributed by atoms with E-state index in [1.165, 1.54) is 18.2 Å². The Morgan fingerprint density at radius 1 is 1.35 bits per heavy atom. The van der Waals surface area contributed by atoms with E-state index in [0.717, 1.165) is 21.2 Å². The predicted molar refractivity (Wildman–Crippen MR) is 95.2 cm³/mol. The lowest BCUT2D eigenvalue weighted by Gasteiger charge is -2.32. The summed E-state index contributed by atoms with van der Waals surface area (Å²) in [6.45, 7) is 5.32. The Hall–Kier alpha value is -1.18. The number of sulfonamides is 1. The highest BCUT2D eigenvalue weighted by Gasteiger charge is 2.44. The molecular formula is C16H21BrN2O3S. The lowest BCUT2D eigenvalue weighted by molar-refractivity contribution is -0.119. The molecule has 1 aliphatic rings. The highest BCUT2D eigenvalue weighted by atomic mass is 79.9. The van der Waals surface area contributed by atoms with Crippen molar-refractivity contribution < 1.29 is 13.2 Å². The van der Waals surface area contributed by atoms with Gasteiger partial charge in [0, 0.05) is 17.6 Å². The fraction of sp³-hybridized carbons (Fsp3) is 0.438. The van der Waals surface area contributed by atoms with E-state index in [1.54, 1.807) is 0 Å². The number of primary amides is 1. The maximum atomic E-state index is 12.6. The Kier molecular flexibility index (Phi) is 5.03. The van der Waals surface area contributed by atoms with Crippen LogP contribution in [-0.2, 0) is 14.8 Å². The Labute approximate surface area is 145 Å². The van der Waals surface area contributed by atoms with Crippen molar-refractivity contribution in [3.05, 3.63) is 39.9 Å². The lowest BCUT2D eigenvalue weighted by Crippen LogP contribution is -2.53. The van der Waals surface area contributed by atoms with Gasteiger partial charge in [-0.1, -0.05) is 34.1 Å². The van der Waals surface area contributed by atoms with Gasteiger partial charge in [0.15, 0.2) is 4.75 Å². The van der Waals surface area contributed by atoms with Gasteiger partial charge in [0.1, 0.15) is 0 Å². The van der Waals surface area contributed by atoms with Crippen LogP contribution in [0.25, 0.3) is 5.57 Å². The molecule has 1 aliphatic heterocycles. The van der Waals surface area contributed by atoms with Gasteiger partial charge in [-0.15, -0.1) is 0 Å². The SMILES string of the molecule is Cc1cc(C2=CCN(S(=O)(=O)C(C)(C)C(N)=O)CC2)ccc1Br. The number of nitrogens with two attached hydrogens (primary N) is 1. The lowest BCUT2D eigenvalue weighted by atomic mass is 9.99. The predicted octanol–water partition coefficient (Wildman–Crippen LogP) is 2.44. The minimum Gasteiger partial charge on any atom is -0.368 e. The van der Waals surface area contributed by atoms with Crippen molar-refractivity contribution in [2.24, 2.45) is 5.73 Å². The number of rotatable bonds is 4. The summed E-state index contributed by atoms with van der Waals surface area (Å²) in [6.07, 6.45) is 2.51.